The van der Waals surface area contributed by atoms with Gasteiger partial charge in [0.25, 0.3) is 0 Å². The number of hydrogen-bond donors (Lipinski definition) is 1. The van der Waals surface area contributed by atoms with Crippen molar-refractivity contribution in [1.29, 1.82) is 0 Å². The van der Waals surface area contributed by atoms with Gasteiger partial charge in [-0.2, -0.15) is 4.98 Å². The van der Waals surface area contributed by atoms with Crippen LogP contribution in [0.25, 0.3) is 0 Å². The molecule has 3 rings (SSSR count). The first-order valence-electron chi connectivity index (χ1n) is 6.90. The Hall–Kier alpha value is -0.940. The molecule has 1 atom stereocenters. The van der Waals surface area contributed by atoms with Gasteiger partial charge in [0, 0.05) is 12.5 Å². The van der Waals surface area contributed by atoms with Crippen LogP contribution >= 0.6 is 0 Å². The van der Waals surface area contributed by atoms with E-state index in [-0.39, 0.29) is 0 Å². The first-order valence-corrected chi connectivity index (χ1v) is 6.90. The van der Waals surface area contributed by atoms with Crippen LogP contribution in [-0.4, -0.2) is 38.8 Å². The number of rotatable bonds is 3. The van der Waals surface area contributed by atoms with E-state index in [0.29, 0.717) is 5.92 Å². The fourth-order valence-electron chi connectivity index (χ4n) is 2.51. The maximum absolute atomic E-state index is 10.0. The van der Waals surface area contributed by atoms with Crippen LogP contribution in [-0.2, 0) is 6.54 Å². The lowest BCUT2D eigenvalue weighted by molar-refractivity contribution is 0.0440. The van der Waals surface area contributed by atoms with Crippen molar-refractivity contribution in [1.82, 2.24) is 15.0 Å². The second-order valence-electron chi connectivity index (χ2n) is 5.95. The summed E-state index contributed by atoms with van der Waals surface area (Å²) < 4.78 is 5.30. The minimum absolute atomic E-state index is 0.511. The maximum Gasteiger partial charge on any atom is 0.240 e. The molecule has 0 bridgehead atoms. The molecule has 0 amide bonds. The zero-order valence-corrected chi connectivity index (χ0v) is 10.9. The predicted octanol–water partition coefficient (Wildman–Crippen LogP) is 1.68. The van der Waals surface area contributed by atoms with Gasteiger partial charge >= 0.3 is 0 Å². The SMILES string of the molecule is CC1(O)CCCN(Cc2nc(C3CC3)no2)CC1. The molecular weight excluding hydrogens is 230 g/mol. The zero-order chi connectivity index (χ0) is 12.6. The van der Waals surface area contributed by atoms with Crippen LogP contribution in [0.15, 0.2) is 4.52 Å². The molecule has 1 aliphatic heterocycles. The van der Waals surface area contributed by atoms with Crippen molar-refractivity contribution < 1.29 is 9.63 Å². The maximum atomic E-state index is 10.0. The summed E-state index contributed by atoms with van der Waals surface area (Å²) in [6, 6.07) is 0. The molecule has 0 aromatic carbocycles. The van der Waals surface area contributed by atoms with E-state index in [1.165, 1.54) is 12.8 Å². The van der Waals surface area contributed by atoms with Crippen molar-refractivity contribution in [3.05, 3.63) is 11.7 Å². The average molecular weight is 251 g/mol. The summed E-state index contributed by atoms with van der Waals surface area (Å²) in [5.41, 5.74) is -0.511. The summed E-state index contributed by atoms with van der Waals surface area (Å²) in [5, 5.41) is 14.1. The Balaban J connectivity index is 1.57. The van der Waals surface area contributed by atoms with Gasteiger partial charge in [-0.25, -0.2) is 0 Å². The fourth-order valence-corrected chi connectivity index (χ4v) is 2.51. The van der Waals surface area contributed by atoms with Gasteiger partial charge in [0.05, 0.1) is 12.1 Å². The van der Waals surface area contributed by atoms with Crippen molar-refractivity contribution in [2.45, 2.75) is 57.1 Å². The van der Waals surface area contributed by atoms with E-state index >= 15 is 0 Å². The third-order valence-corrected chi connectivity index (χ3v) is 3.94. The molecule has 2 aliphatic rings. The van der Waals surface area contributed by atoms with Gasteiger partial charge in [-0.15, -0.1) is 0 Å². The summed E-state index contributed by atoms with van der Waals surface area (Å²) >= 11 is 0. The minimum atomic E-state index is -0.511. The number of aliphatic hydroxyl groups is 1. The monoisotopic (exact) mass is 251 g/mol. The Labute approximate surface area is 107 Å². The number of aromatic nitrogens is 2. The van der Waals surface area contributed by atoms with Gasteiger partial charge in [-0.3, -0.25) is 4.90 Å². The molecule has 5 heteroatoms. The highest BCUT2D eigenvalue weighted by Crippen LogP contribution is 2.38. The highest BCUT2D eigenvalue weighted by Gasteiger charge is 2.29. The van der Waals surface area contributed by atoms with E-state index in [9.17, 15) is 5.11 Å². The first-order chi connectivity index (χ1) is 8.62. The molecule has 5 nitrogen and oxygen atoms in total. The normalized spacial score (nSPS) is 30.3. The predicted molar refractivity (Wildman–Crippen MR) is 66.0 cm³/mol. The van der Waals surface area contributed by atoms with E-state index < -0.39 is 5.60 Å². The van der Waals surface area contributed by atoms with Gasteiger partial charge in [-0.05, 0) is 45.6 Å². The van der Waals surface area contributed by atoms with E-state index in [4.69, 9.17) is 4.52 Å². The van der Waals surface area contributed by atoms with Gasteiger partial charge in [0.1, 0.15) is 0 Å². The first kappa shape index (κ1) is 12.1. The van der Waals surface area contributed by atoms with Crippen LogP contribution < -0.4 is 0 Å². The minimum Gasteiger partial charge on any atom is -0.390 e. The molecule has 1 aromatic heterocycles. The zero-order valence-electron chi connectivity index (χ0n) is 10.9. The second-order valence-corrected chi connectivity index (χ2v) is 5.95. The molecule has 18 heavy (non-hydrogen) atoms. The molecule has 1 aromatic rings. The molecule has 0 spiro atoms. The Kier molecular flexibility index (Phi) is 3.11. The molecule has 1 saturated carbocycles. The second kappa shape index (κ2) is 4.63. The van der Waals surface area contributed by atoms with Crippen molar-refractivity contribution in [3.8, 4) is 0 Å². The molecule has 100 valence electrons. The topological polar surface area (TPSA) is 62.4 Å². The quantitative estimate of drug-likeness (QED) is 0.885. The highest BCUT2D eigenvalue weighted by molar-refractivity contribution is 5.03. The molecule has 2 heterocycles. The van der Waals surface area contributed by atoms with E-state index in [0.717, 1.165) is 50.6 Å². The highest BCUT2D eigenvalue weighted by atomic mass is 16.5. The van der Waals surface area contributed by atoms with Crippen LogP contribution in [0.4, 0.5) is 0 Å². The number of nitrogens with zero attached hydrogens (tertiary/aromatic N) is 3. The van der Waals surface area contributed by atoms with E-state index in [1.54, 1.807) is 0 Å². The Morgan fingerprint density at radius 1 is 1.39 bits per heavy atom. The Morgan fingerprint density at radius 2 is 2.22 bits per heavy atom. The number of likely N-dealkylation sites (tertiary alicyclic amines) is 1. The molecule has 1 N–H and O–H groups in total. The van der Waals surface area contributed by atoms with Crippen molar-refractivity contribution >= 4 is 0 Å². The van der Waals surface area contributed by atoms with Crippen LogP contribution in [0.2, 0.25) is 0 Å². The van der Waals surface area contributed by atoms with Gasteiger partial charge < -0.3 is 9.63 Å². The summed E-state index contributed by atoms with van der Waals surface area (Å²) in [6.45, 7) is 4.54. The lowest BCUT2D eigenvalue weighted by Gasteiger charge is -2.21. The van der Waals surface area contributed by atoms with Gasteiger partial charge in [0.15, 0.2) is 5.82 Å². The van der Waals surface area contributed by atoms with Crippen LogP contribution in [0.3, 0.4) is 0 Å². The van der Waals surface area contributed by atoms with E-state index in [1.807, 2.05) is 6.92 Å². The lowest BCUT2D eigenvalue weighted by atomic mass is 9.98. The summed E-state index contributed by atoms with van der Waals surface area (Å²) in [5.74, 6) is 2.15. The average Bonchev–Trinajstić information content (AvgIpc) is 3.08. The standard InChI is InChI=1S/C13H21N3O2/c1-13(17)5-2-7-16(8-6-13)9-11-14-12(15-18-11)10-3-4-10/h10,17H,2-9H2,1H3. The van der Waals surface area contributed by atoms with Crippen molar-refractivity contribution in [2.75, 3.05) is 13.1 Å². The summed E-state index contributed by atoms with van der Waals surface area (Å²) in [4.78, 5) is 6.75. The largest absolute Gasteiger partial charge is 0.390 e. The van der Waals surface area contributed by atoms with Crippen molar-refractivity contribution in [2.24, 2.45) is 0 Å². The van der Waals surface area contributed by atoms with Crippen LogP contribution in [0.5, 0.6) is 0 Å². The molecule has 0 radical (unpaired) electrons. The smallest absolute Gasteiger partial charge is 0.240 e. The molecular formula is C13H21N3O2. The van der Waals surface area contributed by atoms with E-state index in [2.05, 4.69) is 15.0 Å². The van der Waals surface area contributed by atoms with Gasteiger partial charge in [-0.1, -0.05) is 5.16 Å². The third-order valence-electron chi connectivity index (χ3n) is 3.94. The summed E-state index contributed by atoms with van der Waals surface area (Å²) in [7, 11) is 0. The molecule has 1 aliphatic carbocycles. The fraction of sp³-hybridized carbons (Fsp3) is 0.846. The Morgan fingerprint density at radius 3 is 3.00 bits per heavy atom. The number of hydrogen-bond acceptors (Lipinski definition) is 5. The van der Waals surface area contributed by atoms with Crippen LogP contribution in [0.1, 0.15) is 56.7 Å². The lowest BCUT2D eigenvalue weighted by Crippen LogP contribution is -2.28. The molecule has 1 unspecified atom stereocenters. The Bertz CT molecular complexity index is 412. The molecule has 1 saturated heterocycles. The van der Waals surface area contributed by atoms with Crippen molar-refractivity contribution in [3.63, 3.8) is 0 Å². The molecule has 2 fully saturated rings. The third kappa shape index (κ3) is 2.90. The van der Waals surface area contributed by atoms with Crippen LogP contribution in [0, 0.1) is 0 Å². The van der Waals surface area contributed by atoms with Gasteiger partial charge in [0.2, 0.25) is 5.89 Å². The summed E-state index contributed by atoms with van der Waals surface area (Å²) in [6.07, 6.45) is 5.12.